The van der Waals surface area contributed by atoms with Gasteiger partial charge in [0.05, 0.1) is 19.3 Å². The van der Waals surface area contributed by atoms with Crippen molar-refractivity contribution in [3.05, 3.63) is 0 Å². The van der Waals surface area contributed by atoms with E-state index >= 15 is 0 Å². The molecule has 5 nitrogen and oxygen atoms in total. The number of guanidine groups is 1. The third-order valence-electron chi connectivity index (χ3n) is 3.31. The Bertz CT molecular complexity index is 311. The molecule has 0 bridgehead atoms. The summed E-state index contributed by atoms with van der Waals surface area (Å²) in [6.07, 6.45) is 3.38. The molecule has 1 heterocycles. The normalized spacial score (nSPS) is 20.8. The summed E-state index contributed by atoms with van der Waals surface area (Å²) in [4.78, 5) is 4.25. The maximum atomic E-state index is 5.80. The minimum absolute atomic E-state index is 0. The van der Waals surface area contributed by atoms with Crippen LogP contribution < -0.4 is 10.6 Å². The molecule has 0 amide bonds. The van der Waals surface area contributed by atoms with Gasteiger partial charge in [-0.25, -0.2) is 0 Å². The molecule has 0 saturated carbocycles. The molecule has 1 rings (SSSR count). The monoisotopic (exact) mass is 431 g/mol. The smallest absolute Gasteiger partial charge is 0.191 e. The zero-order chi connectivity index (χ0) is 15.0. The van der Waals surface area contributed by atoms with Gasteiger partial charge in [-0.3, -0.25) is 4.99 Å². The number of hydrogen-bond acceptors (Lipinski definition) is 4. The fraction of sp³-hybridized carbons (Fsp3) is 0.929. The van der Waals surface area contributed by atoms with Gasteiger partial charge in [0.25, 0.3) is 0 Å². The second-order valence-electron chi connectivity index (χ2n) is 5.75. The summed E-state index contributed by atoms with van der Waals surface area (Å²) in [5.41, 5.74) is 0. The molecule has 0 aliphatic carbocycles. The average molecular weight is 431 g/mol. The van der Waals surface area contributed by atoms with E-state index in [1.807, 2.05) is 11.8 Å². The van der Waals surface area contributed by atoms with E-state index in [-0.39, 0.29) is 40.9 Å². The predicted octanol–water partition coefficient (Wildman–Crippen LogP) is 2.10. The second-order valence-corrected chi connectivity index (χ2v) is 7.27. The summed E-state index contributed by atoms with van der Waals surface area (Å²) in [5, 5.41) is 6.71. The summed E-state index contributed by atoms with van der Waals surface area (Å²) in [6, 6.07) is 0.221. The molecule has 7 heteroatoms. The molecule has 1 aliphatic heterocycles. The lowest BCUT2D eigenvalue weighted by Crippen LogP contribution is -2.47. The number of ether oxygens (including phenoxy) is 2. The van der Waals surface area contributed by atoms with Crippen LogP contribution in [0.4, 0.5) is 0 Å². The summed E-state index contributed by atoms with van der Waals surface area (Å²) in [5.74, 6) is 0.825. The highest BCUT2D eigenvalue weighted by Crippen LogP contribution is 2.19. The first-order chi connectivity index (χ1) is 9.46. The molecule has 0 aromatic carbocycles. The molecule has 1 fully saturated rings. The van der Waals surface area contributed by atoms with E-state index in [4.69, 9.17) is 9.47 Å². The van der Waals surface area contributed by atoms with E-state index in [1.165, 1.54) is 0 Å². The summed E-state index contributed by atoms with van der Waals surface area (Å²) in [6.45, 7) is 9.61. The van der Waals surface area contributed by atoms with Crippen molar-refractivity contribution in [2.75, 3.05) is 39.7 Å². The highest BCUT2D eigenvalue weighted by Gasteiger charge is 2.18. The lowest BCUT2D eigenvalue weighted by molar-refractivity contribution is 0.0347. The minimum Gasteiger partial charge on any atom is -0.379 e. The van der Waals surface area contributed by atoms with Gasteiger partial charge in [-0.1, -0.05) is 0 Å². The Morgan fingerprint density at radius 3 is 2.76 bits per heavy atom. The fourth-order valence-electron chi connectivity index (χ4n) is 1.76. The first-order valence-electron chi connectivity index (χ1n) is 7.18. The molecule has 2 N–H and O–H groups in total. The van der Waals surface area contributed by atoms with Crippen LogP contribution in [0.5, 0.6) is 0 Å². The van der Waals surface area contributed by atoms with Crippen molar-refractivity contribution >= 4 is 41.7 Å². The quantitative estimate of drug-likeness (QED) is 0.368. The topological polar surface area (TPSA) is 54.9 Å². The van der Waals surface area contributed by atoms with Crippen molar-refractivity contribution in [1.29, 1.82) is 0 Å². The molecule has 2 atom stereocenters. The number of thioether (sulfide) groups is 1. The van der Waals surface area contributed by atoms with E-state index < -0.39 is 0 Å². The molecule has 126 valence electrons. The van der Waals surface area contributed by atoms with Gasteiger partial charge < -0.3 is 20.1 Å². The fourth-order valence-corrected chi connectivity index (χ4v) is 1.98. The van der Waals surface area contributed by atoms with Crippen molar-refractivity contribution in [3.8, 4) is 0 Å². The molecule has 0 spiro atoms. The van der Waals surface area contributed by atoms with Gasteiger partial charge in [0.1, 0.15) is 0 Å². The SMILES string of the molecule is CN=C(NCC(C)(C)SC)NC(C)COC1CCOC1.I. The Labute approximate surface area is 150 Å². The predicted molar refractivity (Wildman–Crippen MR) is 102 cm³/mol. The van der Waals surface area contributed by atoms with Gasteiger partial charge >= 0.3 is 0 Å². The van der Waals surface area contributed by atoms with Crippen molar-refractivity contribution < 1.29 is 9.47 Å². The minimum atomic E-state index is 0. The van der Waals surface area contributed by atoms with Crippen LogP contribution in [-0.2, 0) is 9.47 Å². The second kappa shape index (κ2) is 10.9. The van der Waals surface area contributed by atoms with Crippen molar-refractivity contribution in [2.24, 2.45) is 4.99 Å². The highest BCUT2D eigenvalue weighted by molar-refractivity contribution is 14.0. The van der Waals surface area contributed by atoms with Crippen LogP contribution in [-0.4, -0.2) is 62.5 Å². The molecule has 0 aromatic heterocycles. The molecule has 1 saturated heterocycles. The molecule has 1 aliphatic rings. The Kier molecular flexibility index (Phi) is 11.0. The van der Waals surface area contributed by atoms with Crippen molar-refractivity contribution in [1.82, 2.24) is 10.6 Å². The van der Waals surface area contributed by atoms with Crippen molar-refractivity contribution in [2.45, 2.75) is 44.1 Å². The highest BCUT2D eigenvalue weighted by atomic mass is 127. The van der Waals surface area contributed by atoms with Gasteiger partial charge in [-0.2, -0.15) is 11.8 Å². The maximum Gasteiger partial charge on any atom is 0.191 e. The zero-order valence-corrected chi connectivity index (χ0v) is 16.9. The van der Waals surface area contributed by atoms with Crippen LogP contribution in [0.1, 0.15) is 27.2 Å². The standard InChI is InChI=1S/C14H29N3O2S.HI/c1-11(8-19-12-6-7-18-9-12)17-13(15-4)16-10-14(2,3)20-5;/h11-12H,6-10H2,1-5H3,(H2,15,16,17);1H. The first kappa shape index (κ1) is 21.3. The molecule has 21 heavy (non-hydrogen) atoms. The Balaban J connectivity index is 0.00000400. The van der Waals surface area contributed by atoms with E-state index in [9.17, 15) is 0 Å². The zero-order valence-electron chi connectivity index (χ0n) is 13.8. The van der Waals surface area contributed by atoms with Crippen molar-refractivity contribution in [3.63, 3.8) is 0 Å². The molecule has 2 unspecified atom stereocenters. The third-order valence-corrected chi connectivity index (χ3v) is 4.56. The number of nitrogens with zero attached hydrogens (tertiary/aromatic N) is 1. The Morgan fingerprint density at radius 2 is 2.24 bits per heavy atom. The lowest BCUT2D eigenvalue weighted by Gasteiger charge is -2.25. The summed E-state index contributed by atoms with van der Waals surface area (Å²) < 4.78 is 11.3. The van der Waals surface area contributed by atoms with Crippen LogP contribution in [0.2, 0.25) is 0 Å². The Morgan fingerprint density at radius 1 is 1.52 bits per heavy atom. The largest absolute Gasteiger partial charge is 0.379 e. The van der Waals surface area contributed by atoms with Crippen LogP contribution >= 0.6 is 35.7 Å². The third kappa shape index (κ3) is 9.10. The van der Waals surface area contributed by atoms with Gasteiger partial charge in [-0.05, 0) is 33.4 Å². The van der Waals surface area contributed by atoms with Crippen LogP contribution in [0.15, 0.2) is 4.99 Å². The molecular formula is C14H30IN3O2S. The molecular weight excluding hydrogens is 401 g/mol. The maximum absolute atomic E-state index is 5.80. The first-order valence-corrected chi connectivity index (χ1v) is 8.41. The summed E-state index contributed by atoms with van der Waals surface area (Å²) >= 11 is 1.84. The lowest BCUT2D eigenvalue weighted by atomic mass is 10.2. The number of hydrogen-bond donors (Lipinski definition) is 2. The number of halogens is 1. The average Bonchev–Trinajstić information content (AvgIpc) is 2.94. The molecule has 0 radical (unpaired) electrons. The van der Waals surface area contributed by atoms with Gasteiger partial charge in [0, 0.05) is 31.0 Å². The summed E-state index contributed by atoms with van der Waals surface area (Å²) in [7, 11) is 1.79. The van der Waals surface area contributed by atoms with Gasteiger partial charge in [-0.15, -0.1) is 24.0 Å². The number of rotatable bonds is 7. The van der Waals surface area contributed by atoms with E-state index in [0.29, 0.717) is 6.61 Å². The molecule has 0 aromatic rings. The number of aliphatic imine (C=N–C) groups is 1. The van der Waals surface area contributed by atoms with E-state index in [1.54, 1.807) is 7.05 Å². The van der Waals surface area contributed by atoms with Crippen LogP contribution in [0.25, 0.3) is 0 Å². The van der Waals surface area contributed by atoms with E-state index in [2.05, 4.69) is 42.7 Å². The van der Waals surface area contributed by atoms with Gasteiger partial charge in [0.2, 0.25) is 0 Å². The Hall–Kier alpha value is 0.270. The number of nitrogens with one attached hydrogen (secondary N) is 2. The van der Waals surface area contributed by atoms with Gasteiger partial charge in [0.15, 0.2) is 5.96 Å². The van der Waals surface area contributed by atoms with Crippen LogP contribution in [0, 0.1) is 0 Å². The van der Waals surface area contributed by atoms with Crippen LogP contribution in [0.3, 0.4) is 0 Å². The van der Waals surface area contributed by atoms with E-state index in [0.717, 1.165) is 32.1 Å².